The van der Waals surface area contributed by atoms with Gasteiger partial charge in [-0.2, -0.15) is 0 Å². The molecule has 2 heteroatoms. The zero-order valence-electron chi connectivity index (χ0n) is 20.0. The minimum atomic E-state index is 0.464. The predicted octanol–water partition coefficient (Wildman–Crippen LogP) is 9.05. The second-order valence-electron chi connectivity index (χ2n) is 9.38. The zero-order chi connectivity index (χ0) is 22.8. The lowest BCUT2D eigenvalue weighted by atomic mass is 9.93. The Bertz CT molecular complexity index is 1240. The second-order valence-corrected chi connectivity index (χ2v) is 10.5. The van der Waals surface area contributed by atoms with Crippen molar-refractivity contribution < 1.29 is 0 Å². The number of thiophene rings is 1. The maximum Gasteiger partial charge on any atom is 0.0368 e. The van der Waals surface area contributed by atoms with E-state index in [9.17, 15) is 0 Å². The largest absolute Gasteiger partial charge is 0.378 e. The van der Waals surface area contributed by atoms with Crippen molar-refractivity contribution in [2.45, 2.75) is 39.5 Å². The summed E-state index contributed by atoms with van der Waals surface area (Å²) in [5.41, 5.74) is 7.88. The molecule has 4 aromatic rings. The highest BCUT2D eigenvalue weighted by Crippen LogP contribution is 2.39. The van der Waals surface area contributed by atoms with E-state index in [0.29, 0.717) is 11.8 Å². The van der Waals surface area contributed by atoms with Gasteiger partial charge < -0.3 is 4.90 Å². The fourth-order valence-corrected chi connectivity index (χ4v) is 5.10. The van der Waals surface area contributed by atoms with Crippen molar-refractivity contribution in [2.24, 2.45) is 0 Å². The van der Waals surface area contributed by atoms with Crippen molar-refractivity contribution in [3.8, 4) is 10.4 Å². The van der Waals surface area contributed by atoms with E-state index < -0.39 is 0 Å². The van der Waals surface area contributed by atoms with E-state index in [1.165, 1.54) is 48.5 Å². The standard InChI is InChI=1S/C30H33NS/c1-20(2)24-12-9-22(10-13-24)7-8-23-11-15-27(28(17-23)21(3)4)30-19-25-18-26(31(5)6)14-16-29(25)32-30/h7-21H,1-6H3. The quantitative estimate of drug-likeness (QED) is 0.271. The Labute approximate surface area is 197 Å². The molecule has 1 aromatic heterocycles. The van der Waals surface area contributed by atoms with Gasteiger partial charge in [0, 0.05) is 29.4 Å². The van der Waals surface area contributed by atoms with Crippen molar-refractivity contribution in [1.29, 1.82) is 0 Å². The summed E-state index contributed by atoms with van der Waals surface area (Å²) >= 11 is 1.89. The molecule has 0 atom stereocenters. The molecule has 0 saturated carbocycles. The fourth-order valence-electron chi connectivity index (χ4n) is 4.01. The van der Waals surface area contributed by atoms with Crippen LogP contribution in [-0.4, -0.2) is 14.1 Å². The molecule has 0 radical (unpaired) electrons. The molecule has 3 aromatic carbocycles. The van der Waals surface area contributed by atoms with Crippen LogP contribution in [0.25, 0.3) is 32.7 Å². The average Bonchev–Trinajstić information content (AvgIpc) is 3.21. The number of benzene rings is 3. The Balaban J connectivity index is 1.65. The second kappa shape index (κ2) is 9.34. The molecular formula is C30H33NS. The number of hydrogen-bond acceptors (Lipinski definition) is 2. The van der Waals surface area contributed by atoms with E-state index in [1.807, 2.05) is 11.3 Å². The van der Waals surface area contributed by atoms with E-state index in [-0.39, 0.29) is 0 Å². The number of nitrogens with zero attached hydrogens (tertiary/aromatic N) is 1. The summed E-state index contributed by atoms with van der Waals surface area (Å²) in [4.78, 5) is 3.51. The lowest BCUT2D eigenvalue weighted by molar-refractivity contribution is 0.866. The molecule has 1 heterocycles. The summed E-state index contributed by atoms with van der Waals surface area (Å²) < 4.78 is 1.34. The number of hydrogen-bond donors (Lipinski definition) is 0. The summed E-state index contributed by atoms with van der Waals surface area (Å²) in [7, 11) is 4.19. The predicted molar refractivity (Wildman–Crippen MR) is 145 cm³/mol. The summed E-state index contributed by atoms with van der Waals surface area (Å²) in [6.45, 7) is 9.04. The van der Waals surface area contributed by atoms with Crippen molar-refractivity contribution in [3.05, 3.63) is 89.0 Å². The first kappa shape index (κ1) is 22.4. The molecule has 0 aliphatic carbocycles. The third-order valence-electron chi connectivity index (χ3n) is 6.05. The molecule has 0 amide bonds. The maximum atomic E-state index is 2.36. The molecule has 0 N–H and O–H groups in total. The Morgan fingerprint density at radius 1 is 0.719 bits per heavy atom. The van der Waals surface area contributed by atoms with Gasteiger partial charge in [-0.3, -0.25) is 0 Å². The van der Waals surface area contributed by atoms with Crippen LogP contribution in [0, 0.1) is 0 Å². The third kappa shape index (κ3) is 4.81. The molecule has 164 valence electrons. The number of rotatable bonds is 6. The van der Waals surface area contributed by atoms with Crippen LogP contribution in [-0.2, 0) is 0 Å². The number of fused-ring (bicyclic) bond motifs is 1. The van der Waals surface area contributed by atoms with E-state index in [1.54, 1.807) is 0 Å². The Morgan fingerprint density at radius 2 is 1.41 bits per heavy atom. The van der Waals surface area contributed by atoms with Crippen molar-refractivity contribution >= 4 is 39.3 Å². The minimum Gasteiger partial charge on any atom is -0.378 e. The molecule has 0 bridgehead atoms. The van der Waals surface area contributed by atoms with Gasteiger partial charge in [-0.15, -0.1) is 11.3 Å². The molecule has 0 saturated heterocycles. The molecule has 4 rings (SSSR count). The molecule has 0 fully saturated rings. The monoisotopic (exact) mass is 439 g/mol. The topological polar surface area (TPSA) is 3.24 Å². The molecular weight excluding hydrogens is 406 g/mol. The molecule has 0 spiro atoms. The zero-order valence-corrected chi connectivity index (χ0v) is 20.8. The van der Waals surface area contributed by atoms with Crippen LogP contribution in [0.3, 0.4) is 0 Å². The summed E-state index contributed by atoms with van der Waals surface area (Å²) in [5, 5.41) is 1.32. The van der Waals surface area contributed by atoms with Crippen LogP contribution in [0.15, 0.2) is 66.7 Å². The highest BCUT2D eigenvalue weighted by molar-refractivity contribution is 7.22. The first-order valence-electron chi connectivity index (χ1n) is 11.4. The van der Waals surface area contributed by atoms with Crippen LogP contribution in [0.5, 0.6) is 0 Å². The van der Waals surface area contributed by atoms with Crippen molar-refractivity contribution in [2.75, 3.05) is 19.0 Å². The van der Waals surface area contributed by atoms with Gasteiger partial charge >= 0.3 is 0 Å². The SMILES string of the molecule is CC(C)c1ccc(C=Cc2ccc(-c3cc4cc(N(C)C)ccc4s3)c(C(C)C)c2)cc1. The molecule has 32 heavy (non-hydrogen) atoms. The van der Waals surface area contributed by atoms with E-state index in [0.717, 1.165) is 0 Å². The van der Waals surface area contributed by atoms with Crippen LogP contribution >= 0.6 is 11.3 Å². The summed E-state index contributed by atoms with van der Waals surface area (Å²) in [6.07, 6.45) is 4.44. The smallest absolute Gasteiger partial charge is 0.0368 e. The summed E-state index contributed by atoms with van der Waals surface area (Å²) in [6, 6.07) is 24.9. The third-order valence-corrected chi connectivity index (χ3v) is 7.20. The Hall–Kier alpha value is -2.84. The fraction of sp³-hybridized carbons (Fsp3) is 0.267. The van der Waals surface area contributed by atoms with Crippen LogP contribution < -0.4 is 4.90 Å². The first-order chi connectivity index (χ1) is 15.3. The van der Waals surface area contributed by atoms with E-state index >= 15 is 0 Å². The molecule has 0 aliphatic heterocycles. The summed E-state index contributed by atoms with van der Waals surface area (Å²) in [5.74, 6) is 1.03. The van der Waals surface area contributed by atoms with Crippen LogP contribution in [0.1, 0.15) is 61.8 Å². The Kier molecular flexibility index (Phi) is 6.53. The van der Waals surface area contributed by atoms with Gasteiger partial charge in [0.2, 0.25) is 0 Å². The lowest BCUT2D eigenvalue weighted by Gasteiger charge is -2.13. The van der Waals surface area contributed by atoms with Gasteiger partial charge in [0.25, 0.3) is 0 Å². The van der Waals surface area contributed by atoms with Gasteiger partial charge in [0.1, 0.15) is 0 Å². The minimum absolute atomic E-state index is 0.464. The average molecular weight is 440 g/mol. The highest BCUT2D eigenvalue weighted by Gasteiger charge is 2.13. The van der Waals surface area contributed by atoms with Gasteiger partial charge in [-0.05, 0) is 69.3 Å². The van der Waals surface area contributed by atoms with E-state index in [4.69, 9.17) is 0 Å². The van der Waals surface area contributed by atoms with Gasteiger partial charge in [0.15, 0.2) is 0 Å². The Morgan fingerprint density at radius 3 is 2.06 bits per heavy atom. The van der Waals surface area contributed by atoms with Crippen LogP contribution in [0.2, 0.25) is 0 Å². The molecule has 1 nitrogen and oxygen atoms in total. The highest BCUT2D eigenvalue weighted by atomic mass is 32.1. The van der Waals surface area contributed by atoms with Gasteiger partial charge in [-0.1, -0.05) is 82.3 Å². The number of anilines is 1. The normalized spacial score (nSPS) is 11.9. The van der Waals surface area contributed by atoms with Crippen molar-refractivity contribution in [1.82, 2.24) is 0 Å². The first-order valence-corrected chi connectivity index (χ1v) is 12.3. The van der Waals surface area contributed by atoms with Crippen LogP contribution in [0.4, 0.5) is 5.69 Å². The molecule has 0 unspecified atom stereocenters. The van der Waals surface area contributed by atoms with E-state index in [2.05, 4.69) is 126 Å². The maximum absolute atomic E-state index is 2.36. The van der Waals surface area contributed by atoms with Gasteiger partial charge in [0.05, 0.1) is 0 Å². The van der Waals surface area contributed by atoms with Crippen molar-refractivity contribution in [3.63, 3.8) is 0 Å². The lowest BCUT2D eigenvalue weighted by Crippen LogP contribution is -2.07. The molecule has 0 aliphatic rings. The van der Waals surface area contributed by atoms with Gasteiger partial charge in [-0.25, -0.2) is 0 Å².